The van der Waals surface area contributed by atoms with E-state index < -0.39 is 5.82 Å². The van der Waals surface area contributed by atoms with Crippen molar-refractivity contribution in [1.82, 2.24) is 4.98 Å². The Morgan fingerprint density at radius 3 is 2.88 bits per heavy atom. The summed E-state index contributed by atoms with van der Waals surface area (Å²) in [6.45, 7) is 2.76. The highest BCUT2D eigenvalue weighted by Gasteiger charge is 2.08. The summed E-state index contributed by atoms with van der Waals surface area (Å²) in [5.41, 5.74) is 0. The highest BCUT2D eigenvalue weighted by molar-refractivity contribution is 6.30. The number of nitrogens with one attached hydrogen (secondary N) is 1. The minimum Gasteiger partial charge on any atom is -0.367 e. The molecule has 1 N–H and O–H groups in total. The van der Waals surface area contributed by atoms with E-state index in [1.54, 1.807) is 0 Å². The summed E-state index contributed by atoms with van der Waals surface area (Å²) in [6, 6.07) is 1.25. The third-order valence-electron chi connectivity index (χ3n) is 2.46. The van der Waals surface area contributed by atoms with Crippen LogP contribution in [0.5, 0.6) is 0 Å². The number of anilines is 1. The highest BCUT2D eigenvalue weighted by atomic mass is 35.5. The van der Waals surface area contributed by atoms with Crippen LogP contribution >= 0.6 is 23.2 Å². The van der Waals surface area contributed by atoms with Gasteiger partial charge in [-0.1, -0.05) is 24.9 Å². The molecule has 0 saturated heterocycles. The van der Waals surface area contributed by atoms with Gasteiger partial charge in [0, 0.05) is 18.6 Å². The van der Waals surface area contributed by atoms with Crippen LogP contribution < -0.4 is 5.32 Å². The first-order valence-electron chi connectivity index (χ1n) is 5.28. The molecule has 1 heterocycles. The van der Waals surface area contributed by atoms with Crippen LogP contribution in [0.4, 0.5) is 10.2 Å². The second-order valence-corrected chi connectivity index (χ2v) is 4.43. The zero-order valence-corrected chi connectivity index (χ0v) is 10.7. The lowest BCUT2D eigenvalue weighted by molar-refractivity contribution is 0.518. The zero-order chi connectivity index (χ0) is 12.0. The summed E-state index contributed by atoms with van der Waals surface area (Å²) in [4.78, 5) is 3.89. The Labute approximate surface area is 105 Å². The highest BCUT2D eigenvalue weighted by Crippen LogP contribution is 2.17. The molecule has 0 aliphatic rings. The van der Waals surface area contributed by atoms with Gasteiger partial charge in [0.2, 0.25) is 0 Å². The molecule has 5 heteroatoms. The Bertz CT molecular complexity index is 334. The van der Waals surface area contributed by atoms with Crippen LogP contribution in [0.25, 0.3) is 0 Å². The van der Waals surface area contributed by atoms with Gasteiger partial charge in [0.1, 0.15) is 0 Å². The molecule has 0 fully saturated rings. The SMILES string of the molecule is CCC(CCCl)CNc1ncc(Cl)cc1F. The van der Waals surface area contributed by atoms with Crippen LogP contribution in [-0.2, 0) is 0 Å². The Kier molecular flexibility index (Phi) is 5.85. The molecule has 0 aromatic carbocycles. The number of hydrogen-bond donors (Lipinski definition) is 1. The van der Waals surface area contributed by atoms with Crippen molar-refractivity contribution in [3.63, 3.8) is 0 Å². The molecule has 1 atom stereocenters. The van der Waals surface area contributed by atoms with Crippen molar-refractivity contribution >= 4 is 29.0 Å². The van der Waals surface area contributed by atoms with Crippen LogP contribution in [0, 0.1) is 11.7 Å². The Morgan fingerprint density at radius 1 is 1.56 bits per heavy atom. The minimum atomic E-state index is -0.423. The van der Waals surface area contributed by atoms with Crippen LogP contribution in [0.3, 0.4) is 0 Å². The van der Waals surface area contributed by atoms with Gasteiger partial charge in [0.05, 0.1) is 5.02 Å². The second-order valence-electron chi connectivity index (χ2n) is 3.62. The first kappa shape index (κ1) is 13.5. The van der Waals surface area contributed by atoms with Gasteiger partial charge in [-0.25, -0.2) is 9.37 Å². The van der Waals surface area contributed by atoms with E-state index in [4.69, 9.17) is 23.2 Å². The topological polar surface area (TPSA) is 24.9 Å². The fraction of sp³-hybridized carbons (Fsp3) is 0.545. The number of alkyl halides is 1. The zero-order valence-electron chi connectivity index (χ0n) is 9.14. The van der Waals surface area contributed by atoms with E-state index in [0.29, 0.717) is 23.4 Å². The van der Waals surface area contributed by atoms with E-state index in [9.17, 15) is 4.39 Å². The Balaban J connectivity index is 2.53. The lowest BCUT2D eigenvalue weighted by atomic mass is 10.0. The second kappa shape index (κ2) is 6.92. The van der Waals surface area contributed by atoms with E-state index in [-0.39, 0.29) is 5.82 Å². The number of nitrogens with zero attached hydrogens (tertiary/aromatic N) is 1. The average Bonchev–Trinajstić information content (AvgIpc) is 2.26. The third kappa shape index (κ3) is 4.14. The summed E-state index contributed by atoms with van der Waals surface area (Å²) in [6.07, 6.45) is 3.35. The smallest absolute Gasteiger partial charge is 0.166 e. The van der Waals surface area contributed by atoms with Crippen molar-refractivity contribution in [3.05, 3.63) is 23.1 Å². The minimum absolute atomic E-state index is 0.248. The molecule has 0 spiro atoms. The van der Waals surface area contributed by atoms with Gasteiger partial charge in [-0.2, -0.15) is 0 Å². The molecule has 2 nitrogen and oxygen atoms in total. The lowest BCUT2D eigenvalue weighted by Gasteiger charge is -2.14. The molecular weight excluding hydrogens is 250 g/mol. The third-order valence-corrected chi connectivity index (χ3v) is 2.89. The fourth-order valence-electron chi connectivity index (χ4n) is 1.39. The summed E-state index contributed by atoms with van der Waals surface area (Å²) >= 11 is 11.3. The van der Waals surface area contributed by atoms with E-state index in [2.05, 4.69) is 17.2 Å². The fourth-order valence-corrected chi connectivity index (χ4v) is 1.84. The largest absolute Gasteiger partial charge is 0.367 e. The van der Waals surface area contributed by atoms with Gasteiger partial charge in [0.15, 0.2) is 11.6 Å². The number of aromatic nitrogens is 1. The van der Waals surface area contributed by atoms with Crippen molar-refractivity contribution in [1.29, 1.82) is 0 Å². The van der Waals surface area contributed by atoms with Gasteiger partial charge >= 0.3 is 0 Å². The monoisotopic (exact) mass is 264 g/mol. The van der Waals surface area contributed by atoms with Crippen LogP contribution in [0.1, 0.15) is 19.8 Å². The summed E-state index contributed by atoms with van der Waals surface area (Å²) in [7, 11) is 0. The quantitative estimate of drug-likeness (QED) is 0.788. The standard InChI is InChI=1S/C11H15Cl2FN2/c1-2-8(3-4-12)6-15-11-10(14)5-9(13)7-16-11/h5,7-8H,2-4,6H2,1H3,(H,15,16). The van der Waals surface area contributed by atoms with Gasteiger partial charge in [-0.05, 0) is 18.4 Å². The maximum Gasteiger partial charge on any atom is 0.166 e. The number of halogens is 3. The molecule has 0 radical (unpaired) electrons. The molecule has 0 aliphatic carbocycles. The van der Waals surface area contributed by atoms with Crippen LogP contribution in [0.15, 0.2) is 12.3 Å². The molecule has 1 unspecified atom stereocenters. The predicted octanol–water partition coefficient (Wildman–Crippen LogP) is 3.94. The van der Waals surface area contributed by atoms with Crippen molar-refractivity contribution in [3.8, 4) is 0 Å². The Hall–Kier alpha value is -0.540. The first-order chi connectivity index (χ1) is 7.67. The Morgan fingerprint density at radius 2 is 2.31 bits per heavy atom. The van der Waals surface area contributed by atoms with E-state index in [1.807, 2.05) is 0 Å². The first-order valence-corrected chi connectivity index (χ1v) is 6.19. The van der Waals surface area contributed by atoms with Crippen molar-refractivity contribution in [2.75, 3.05) is 17.7 Å². The molecule has 0 saturated carbocycles. The predicted molar refractivity (Wildman–Crippen MR) is 66.8 cm³/mol. The number of pyridine rings is 1. The molecule has 0 bridgehead atoms. The average molecular weight is 265 g/mol. The molecular formula is C11H15Cl2FN2. The molecule has 1 rings (SSSR count). The van der Waals surface area contributed by atoms with Gasteiger partial charge in [-0.15, -0.1) is 11.6 Å². The molecule has 90 valence electrons. The summed E-state index contributed by atoms with van der Waals surface area (Å²) in [5, 5.41) is 3.27. The molecule has 16 heavy (non-hydrogen) atoms. The maximum atomic E-state index is 13.4. The van der Waals surface area contributed by atoms with Crippen molar-refractivity contribution in [2.24, 2.45) is 5.92 Å². The molecule has 1 aromatic heterocycles. The van der Waals surface area contributed by atoms with Crippen molar-refractivity contribution in [2.45, 2.75) is 19.8 Å². The van der Waals surface area contributed by atoms with E-state index in [1.165, 1.54) is 12.3 Å². The lowest BCUT2D eigenvalue weighted by Crippen LogP contribution is -2.15. The van der Waals surface area contributed by atoms with E-state index in [0.717, 1.165) is 12.8 Å². The molecule has 0 amide bonds. The number of hydrogen-bond acceptors (Lipinski definition) is 2. The number of rotatable bonds is 6. The van der Waals surface area contributed by atoms with Crippen molar-refractivity contribution < 1.29 is 4.39 Å². The normalized spacial score (nSPS) is 12.5. The van der Waals surface area contributed by atoms with Gasteiger partial charge in [0.25, 0.3) is 0 Å². The van der Waals surface area contributed by atoms with E-state index >= 15 is 0 Å². The molecule has 0 aliphatic heterocycles. The molecule has 1 aromatic rings. The summed E-state index contributed by atoms with van der Waals surface area (Å²) < 4.78 is 13.4. The van der Waals surface area contributed by atoms with Crippen LogP contribution in [-0.4, -0.2) is 17.4 Å². The maximum absolute atomic E-state index is 13.4. The van der Waals surface area contributed by atoms with Gasteiger partial charge in [-0.3, -0.25) is 0 Å². The van der Waals surface area contributed by atoms with Gasteiger partial charge < -0.3 is 5.32 Å². The van der Waals surface area contributed by atoms with Crippen LogP contribution in [0.2, 0.25) is 5.02 Å². The summed E-state index contributed by atoms with van der Waals surface area (Å²) in [5.74, 6) is 0.886.